The summed E-state index contributed by atoms with van der Waals surface area (Å²) in [5.74, 6) is 0. The lowest BCUT2D eigenvalue weighted by molar-refractivity contribution is 0.100. The van der Waals surface area contributed by atoms with Gasteiger partial charge in [-0.15, -0.1) is 0 Å². The van der Waals surface area contributed by atoms with Gasteiger partial charge in [-0.05, 0) is 20.8 Å². The number of hydrogen-bond donors (Lipinski definition) is 1. The Balaban J connectivity index is 2.60. The van der Waals surface area contributed by atoms with Gasteiger partial charge in [-0.25, -0.2) is 0 Å². The van der Waals surface area contributed by atoms with Gasteiger partial charge in [-0.3, -0.25) is 4.90 Å². The molecule has 13 heavy (non-hydrogen) atoms. The zero-order chi connectivity index (χ0) is 10.0. The van der Waals surface area contributed by atoms with Crippen LogP contribution in [-0.4, -0.2) is 36.1 Å². The monoisotopic (exact) mass is 246 g/mol. The fraction of sp³-hybridized carbons (Fsp3) is 0.800. The Kier molecular flexibility index (Phi) is 3.95. The number of hydrogen-bond acceptors (Lipinski definition) is 2. The maximum absolute atomic E-state index is 3.90. The average molecular weight is 247 g/mol. The summed E-state index contributed by atoms with van der Waals surface area (Å²) in [6, 6.07) is 1.75. The molecule has 0 aromatic heterocycles. The first kappa shape index (κ1) is 11.2. The highest BCUT2D eigenvalue weighted by Crippen LogP contribution is 2.17. The van der Waals surface area contributed by atoms with Crippen LogP contribution >= 0.6 is 15.9 Å². The third kappa shape index (κ3) is 2.79. The van der Waals surface area contributed by atoms with E-state index in [9.17, 15) is 0 Å². The number of nitrogens with one attached hydrogen (secondary N) is 1. The van der Waals surface area contributed by atoms with Crippen molar-refractivity contribution in [2.45, 2.75) is 38.9 Å². The van der Waals surface area contributed by atoms with Crippen molar-refractivity contribution in [1.29, 1.82) is 0 Å². The van der Waals surface area contributed by atoms with Crippen molar-refractivity contribution < 1.29 is 0 Å². The molecule has 1 fully saturated rings. The van der Waals surface area contributed by atoms with E-state index in [-0.39, 0.29) is 0 Å². The van der Waals surface area contributed by atoms with Crippen LogP contribution in [0.2, 0.25) is 0 Å². The van der Waals surface area contributed by atoms with Crippen molar-refractivity contribution in [3.05, 3.63) is 11.1 Å². The lowest BCUT2D eigenvalue weighted by Gasteiger charge is -2.43. The molecule has 3 atom stereocenters. The van der Waals surface area contributed by atoms with E-state index in [2.05, 4.69) is 53.5 Å². The second-order valence-corrected chi connectivity index (χ2v) is 5.10. The molecule has 1 heterocycles. The summed E-state index contributed by atoms with van der Waals surface area (Å²) >= 11 is 3.43. The molecule has 0 spiro atoms. The summed E-state index contributed by atoms with van der Waals surface area (Å²) in [6.45, 7) is 12.7. The summed E-state index contributed by atoms with van der Waals surface area (Å²) in [4.78, 5) is 2.48. The van der Waals surface area contributed by atoms with Crippen molar-refractivity contribution in [1.82, 2.24) is 10.2 Å². The highest BCUT2D eigenvalue weighted by molar-refractivity contribution is 9.11. The van der Waals surface area contributed by atoms with Gasteiger partial charge in [0.25, 0.3) is 0 Å². The van der Waals surface area contributed by atoms with Crippen LogP contribution in [0, 0.1) is 0 Å². The summed E-state index contributed by atoms with van der Waals surface area (Å²) < 4.78 is 1.07. The van der Waals surface area contributed by atoms with Crippen LogP contribution in [0.15, 0.2) is 11.1 Å². The lowest BCUT2D eigenvalue weighted by Crippen LogP contribution is -2.59. The van der Waals surface area contributed by atoms with Gasteiger partial charge in [0.05, 0.1) is 0 Å². The molecule has 1 aliphatic heterocycles. The second-order valence-electron chi connectivity index (χ2n) is 3.98. The van der Waals surface area contributed by atoms with Crippen LogP contribution < -0.4 is 5.32 Å². The Hall–Kier alpha value is 0.140. The molecular formula is C10H19BrN2. The van der Waals surface area contributed by atoms with E-state index >= 15 is 0 Å². The van der Waals surface area contributed by atoms with Crippen molar-refractivity contribution in [3.8, 4) is 0 Å². The minimum Gasteiger partial charge on any atom is -0.311 e. The van der Waals surface area contributed by atoms with Gasteiger partial charge >= 0.3 is 0 Å². The van der Waals surface area contributed by atoms with Gasteiger partial charge in [0.2, 0.25) is 0 Å². The highest BCUT2D eigenvalue weighted by Gasteiger charge is 2.28. The first-order valence-corrected chi connectivity index (χ1v) is 5.64. The fourth-order valence-electron chi connectivity index (χ4n) is 1.83. The Bertz CT molecular complexity index is 193. The topological polar surface area (TPSA) is 15.3 Å². The Labute approximate surface area is 89.5 Å². The van der Waals surface area contributed by atoms with Gasteiger partial charge in [-0.1, -0.05) is 22.5 Å². The number of piperazine rings is 1. The summed E-state index contributed by atoms with van der Waals surface area (Å²) in [7, 11) is 0. The quantitative estimate of drug-likeness (QED) is 0.802. The van der Waals surface area contributed by atoms with E-state index in [1.54, 1.807) is 0 Å². The molecular weight excluding hydrogens is 228 g/mol. The number of halogens is 1. The van der Waals surface area contributed by atoms with E-state index in [0.29, 0.717) is 18.1 Å². The molecule has 0 saturated carbocycles. The third-order valence-corrected chi connectivity index (χ3v) is 3.15. The smallest absolute Gasteiger partial charge is 0.0300 e. The molecule has 2 nitrogen and oxygen atoms in total. The molecule has 0 radical (unpaired) electrons. The van der Waals surface area contributed by atoms with Gasteiger partial charge in [0.1, 0.15) is 0 Å². The SMILES string of the molecule is C=C(Br)CN1C(C)CNC(C)C1C. The van der Waals surface area contributed by atoms with Crippen molar-refractivity contribution in [2.24, 2.45) is 0 Å². The third-order valence-electron chi connectivity index (χ3n) is 2.90. The zero-order valence-electron chi connectivity index (χ0n) is 8.68. The maximum Gasteiger partial charge on any atom is 0.0300 e. The largest absolute Gasteiger partial charge is 0.311 e. The summed E-state index contributed by atoms with van der Waals surface area (Å²) in [5, 5.41) is 3.50. The van der Waals surface area contributed by atoms with E-state index in [4.69, 9.17) is 0 Å². The van der Waals surface area contributed by atoms with Gasteiger partial charge in [0.15, 0.2) is 0 Å². The standard InChI is InChI=1S/C10H19BrN2/c1-7(11)6-13-8(2)5-12-9(3)10(13)4/h8-10,12H,1,5-6H2,2-4H3. The molecule has 0 aromatic carbocycles. The molecule has 0 amide bonds. The highest BCUT2D eigenvalue weighted by atomic mass is 79.9. The van der Waals surface area contributed by atoms with Gasteiger partial charge in [-0.2, -0.15) is 0 Å². The summed E-state index contributed by atoms with van der Waals surface area (Å²) in [5.41, 5.74) is 0. The molecule has 3 unspecified atom stereocenters. The van der Waals surface area contributed by atoms with Crippen LogP contribution in [0.1, 0.15) is 20.8 Å². The van der Waals surface area contributed by atoms with Crippen LogP contribution in [0.25, 0.3) is 0 Å². The minimum absolute atomic E-state index is 0.572. The maximum atomic E-state index is 3.90. The first-order chi connectivity index (χ1) is 6.02. The molecule has 0 aliphatic carbocycles. The fourth-order valence-corrected chi connectivity index (χ4v) is 2.12. The minimum atomic E-state index is 0.572. The Morgan fingerprint density at radius 2 is 2.15 bits per heavy atom. The van der Waals surface area contributed by atoms with E-state index < -0.39 is 0 Å². The van der Waals surface area contributed by atoms with E-state index in [0.717, 1.165) is 17.6 Å². The second kappa shape index (κ2) is 4.58. The van der Waals surface area contributed by atoms with Crippen LogP contribution in [0.5, 0.6) is 0 Å². The average Bonchev–Trinajstić information content (AvgIpc) is 2.05. The van der Waals surface area contributed by atoms with Crippen molar-refractivity contribution >= 4 is 15.9 Å². The van der Waals surface area contributed by atoms with Crippen LogP contribution in [0.4, 0.5) is 0 Å². The number of rotatable bonds is 2. The molecule has 0 aromatic rings. The van der Waals surface area contributed by atoms with Crippen LogP contribution in [-0.2, 0) is 0 Å². The van der Waals surface area contributed by atoms with E-state index in [1.807, 2.05) is 0 Å². The normalized spacial score (nSPS) is 36.2. The molecule has 3 heteroatoms. The molecule has 1 aliphatic rings. The molecule has 1 rings (SSSR count). The van der Waals surface area contributed by atoms with Crippen molar-refractivity contribution in [3.63, 3.8) is 0 Å². The lowest BCUT2D eigenvalue weighted by atomic mass is 10.0. The van der Waals surface area contributed by atoms with Crippen molar-refractivity contribution in [2.75, 3.05) is 13.1 Å². The first-order valence-electron chi connectivity index (χ1n) is 4.84. The predicted molar refractivity (Wildman–Crippen MR) is 61.2 cm³/mol. The molecule has 0 bridgehead atoms. The van der Waals surface area contributed by atoms with E-state index in [1.165, 1.54) is 0 Å². The van der Waals surface area contributed by atoms with Crippen LogP contribution in [0.3, 0.4) is 0 Å². The molecule has 1 saturated heterocycles. The Morgan fingerprint density at radius 3 is 2.69 bits per heavy atom. The van der Waals surface area contributed by atoms with Gasteiger partial charge in [0, 0.05) is 35.7 Å². The summed E-state index contributed by atoms with van der Waals surface area (Å²) in [6.07, 6.45) is 0. The predicted octanol–water partition coefficient (Wildman–Crippen LogP) is 1.97. The zero-order valence-corrected chi connectivity index (χ0v) is 10.3. The molecule has 1 N–H and O–H groups in total. The molecule has 76 valence electrons. The Morgan fingerprint density at radius 1 is 1.54 bits per heavy atom. The number of nitrogens with zero attached hydrogens (tertiary/aromatic N) is 1. The van der Waals surface area contributed by atoms with Gasteiger partial charge < -0.3 is 5.32 Å².